The normalized spacial score (nSPS) is 36.3. The maximum absolute atomic E-state index is 8.98. The zero-order valence-electron chi connectivity index (χ0n) is 12.4. The Morgan fingerprint density at radius 1 is 0.947 bits per heavy atom. The third kappa shape index (κ3) is 4.73. The van der Waals surface area contributed by atoms with E-state index in [2.05, 4.69) is 6.92 Å². The summed E-state index contributed by atoms with van der Waals surface area (Å²) in [5.41, 5.74) is 0. The SMILES string of the molecule is CCCCCC1CCC(C2COC(CO)OC2)CC1. The topological polar surface area (TPSA) is 38.7 Å². The van der Waals surface area contributed by atoms with Crippen molar-refractivity contribution >= 4 is 0 Å². The molecular formula is C16H30O3. The fourth-order valence-corrected chi connectivity index (χ4v) is 3.57. The fraction of sp³-hybridized carbons (Fsp3) is 1.00. The molecule has 2 aliphatic rings. The second-order valence-corrected chi connectivity index (χ2v) is 6.32. The number of aliphatic hydroxyl groups excluding tert-OH is 1. The van der Waals surface area contributed by atoms with Crippen LogP contribution in [0.15, 0.2) is 0 Å². The van der Waals surface area contributed by atoms with Crippen LogP contribution in [-0.4, -0.2) is 31.2 Å². The van der Waals surface area contributed by atoms with Crippen molar-refractivity contribution in [2.75, 3.05) is 19.8 Å². The monoisotopic (exact) mass is 270 g/mol. The molecule has 0 aromatic carbocycles. The van der Waals surface area contributed by atoms with Crippen molar-refractivity contribution in [3.63, 3.8) is 0 Å². The van der Waals surface area contributed by atoms with Crippen molar-refractivity contribution in [3.8, 4) is 0 Å². The fourth-order valence-electron chi connectivity index (χ4n) is 3.57. The van der Waals surface area contributed by atoms with E-state index in [1.807, 2.05) is 0 Å². The van der Waals surface area contributed by atoms with Gasteiger partial charge in [0.05, 0.1) is 19.8 Å². The summed E-state index contributed by atoms with van der Waals surface area (Å²) in [7, 11) is 0. The lowest BCUT2D eigenvalue weighted by Gasteiger charge is -2.37. The van der Waals surface area contributed by atoms with E-state index in [9.17, 15) is 0 Å². The summed E-state index contributed by atoms with van der Waals surface area (Å²) in [5, 5.41) is 8.98. The Kier molecular flexibility index (Phi) is 6.62. The molecule has 112 valence electrons. The van der Waals surface area contributed by atoms with Crippen molar-refractivity contribution in [2.45, 2.75) is 64.6 Å². The van der Waals surface area contributed by atoms with E-state index >= 15 is 0 Å². The van der Waals surface area contributed by atoms with Crippen molar-refractivity contribution < 1.29 is 14.6 Å². The lowest BCUT2D eigenvalue weighted by Crippen LogP contribution is -2.38. The van der Waals surface area contributed by atoms with Crippen LogP contribution in [0, 0.1) is 17.8 Å². The van der Waals surface area contributed by atoms with E-state index in [1.54, 1.807) is 0 Å². The number of hydrogen-bond acceptors (Lipinski definition) is 3. The van der Waals surface area contributed by atoms with Gasteiger partial charge in [-0.25, -0.2) is 0 Å². The second kappa shape index (κ2) is 8.23. The number of aliphatic hydroxyl groups is 1. The van der Waals surface area contributed by atoms with Gasteiger partial charge < -0.3 is 14.6 Å². The van der Waals surface area contributed by atoms with Crippen LogP contribution in [0.25, 0.3) is 0 Å². The van der Waals surface area contributed by atoms with Gasteiger partial charge in [-0.3, -0.25) is 0 Å². The van der Waals surface area contributed by atoms with E-state index in [0.717, 1.165) is 25.0 Å². The number of rotatable bonds is 6. The quantitative estimate of drug-likeness (QED) is 0.752. The summed E-state index contributed by atoms with van der Waals surface area (Å²) in [6, 6.07) is 0. The molecule has 2 fully saturated rings. The third-order valence-corrected chi connectivity index (χ3v) is 4.92. The molecular weight excluding hydrogens is 240 g/mol. The third-order valence-electron chi connectivity index (χ3n) is 4.92. The van der Waals surface area contributed by atoms with Crippen molar-refractivity contribution in [3.05, 3.63) is 0 Å². The van der Waals surface area contributed by atoms with Gasteiger partial charge in [0.2, 0.25) is 0 Å². The predicted molar refractivity (Wildman–Crippen MR) is 75.9 cm³/mol. The highest BCUT2D eigenvalue weighted by atomic mass is 16.7. The maximum Gasteiger partial charge on any atom is 0.180 e. The van der Waals surface area contributed by atoms with Crippen LogP contribution < -0.4 is 0 Å². The first-order valence-electron chi connectivity index (χ1n) is 8.17. The summed E-state index contributed by atoms with van der Waals surface area (Å²) < 4.78 is 11.1. The predicted octanol–water partition coefficient (Wildman–Crippen LogP) is 3.35. The molecule has 0 radical (unpaired) electrons. The number of hydrogen-bond donors (Lipinski definition) is 1. The molecule has 3 heteroatoms. The number of unbranched alkanes of at least 4 members (excludes halogenated alkanes) is 2. The molecule has 0 amide bonds. The first kappa shape index (κ1) is 15.3. The Hall–Kier alpha value is -0.120. The van der Waals surface area contributed by atoms with Gasteiger partial charge in [0.15, 0.2) is 6.29 Å². The van der Waals surface area contributed by atoms with Gasteiger partial charge in [-0.15, -0.1) is 0 Å². The summed E-state index contributed by atoms with van der Waals surface area (Å²) in [6.45, 7) is 3.81. The highest BCUT2D eigenvalue weighted by Crippen LogP contribution is 2.37. The molecule has 2 rings (SSSR count). The van der Waals surface area contributed by atoms with E-state index < -0.39 is 0 Å². The van der Waals surface area contributed by atoms with E-state index in [0.29, 0.717) is 5.92 Å². The smallest absolute Gasteiger partial charge is 0.180 e. The van der Waals surface area contributed by atoms with Gasteiger partial charge in [0, 0.05) is 5.92 Å². The van der Waals surface area contributed by atoms with Crippen molar-refractivity contribution in [1.29, 1.82) is 0 Å². The van der Waals surface area contributed by atoms with Gasteiger partial charge in [-0.05, 0) is 24.7 Å². The molecule has 1 saturated heterocycles. The standard InChI is InChI=1S/C16H30O3/c1-2-3-4-5-13-6-8-14(9-7-13)15-11-18-16(10-17)19-12-15/h13-17H,2-12H2,1H3. The van der Waals surface area contributed by atoms with Crippen LogP contribution in [-0.2, 0) is 9.47 Å². The molecule has 0 bridgehead atoms. The Morgan fingerprint density at radius 2 is 1.63 bits per heavy atom. The maximum atomic E-state index is 8.98. The Bertz CT molecular complexity index is 228. The van der Waals surface area contributed by atoms with Gasteiger partial charge in [-0.2, -0.15) is 0 Å². The molecule has 0 aromatic heterocycles. The van der Waals surface area contributed by atoms with Crippen LogP contribution >= 0.6 is 0 Å². The second-order valence-electron chi connectivity index (χ2n) is 6.32. The molecule has 3 nitrogen and oxygen atoms in total. The summed E-state index contributed by atoms with van der Waals surface area (Å²) in [5.74, 6) is 2.31. The van der Waals surface area contributed by atoms with E-state index in [-0.39, 0.29) is 12.9 Å². The van der Waals surface area contributed by atoms with Crippen LogP contribution in [0.4, 0.5) is 0 Å². The summed E-state index contributed by atoms with van der Waals surface area (Å²) >= 11 is 0. The summed E-state index contributed by atoms with van der Waals surface area (Å²) in [4.78, 5) is 0. The van der Waals surface area contributed by atoms with Gasteiger partial charge in [0.25, 0.3) is 0 Å². The highest BCUT2D eigenvalue weighted by Gasteiger charge is 2.31. The van der Waals surface area contributed by atoms with Gasteiger partial charge in [0.1, 0.15) is 0 Å². The van der Waals surface area contributed by atoms with Crippen LogP contribution in [0.3, 0.4) is 0 Å². The minimum absolute atomic E-state index is 0.0170. The Morgan fingerprint density at radius 3 is 2.21 bits per heavy atom. The first-order valence-corrected chi connectivity index (χ1v) is 8.17. The average molecular weight is 270 g/mol. The molecule has 0 atom stereocenters. The highest BCUT2D eigenvalue weighted by molar-refractivity contribution is 4.79. The number of ether oxygens (including phenoxy) is 2. The van der Waals surface area contributed by atoms with E-state index in [1.165, 1.54) is 51.4 Å². The Labute approximate surface area is 117 Å². The van der Waals surface area contributed by atoms with E-state index in [4.69, 9.17) is 14.6 Å². The molecule has 1 N–H and O–H groups in total. The summed E-state index contributed by atoms with van der Waals surface area (Å²) in [6.07, 6.45) is 10.7. The van der Waals surface area contributed by atoms with Crippen molar-refractivity contribution in [1.82, 2.24) is 0 Å². The molecule has 1 heterocycles. The first-order chi connectivity index (χ1) is 9.33. The molecule has 1 saturated carbocycles. The molecule has 0 spiro atoms. The lowest BCUT2D eigenvalue weighted by atomic mass is 9.74. The molecule has 0 aromatic rings. The minimum atomic E-state index is -0.373. The zero-order chi connectivity index (χ0) is 13.5. The molecule has 1 aliphatic heterocycles. The van der Waals surface area contributed by atoms with Crippen LogP contribution in [0.1, 0.15) is 58.3 Å². The van der Waals surface area contributed by atoms with Gasteiger partial charge >= 0.3 is 0 Å². The lowest BCUT2D eigenvalue weighted by molar-refractivity contribution is -0.223. The van der Waals surface area contributed by atoms with Gasteiger partial charge in [-0.1, -0.05) is 45.4 Å². The van der Waals surface area contributed by atoms with Crippen LogP contribution in [0.2, 0.25) is 0 Å². The largest absolute Gasteiger partial charge is 0.391 e. The van der Waals surface area contributed by atoms with Crippen molar-refractivity contribution in [2.24, 2.45) is 17.8 Å². The molecule has 1 aliphatic carbocycles. The average Bonchev–Trinajstić information content (AvgIpc) is 2.48. The Balaban J connectivity index is 1.63. The minimum Gasteiger partial charge on any atom is -0.391 e. The molecule has 19 heavy (non-hydrogen) atoms. The molecule has 0 unspecified atom stereocenters. The zero-order valence-corrected chi connectivity index (χ0v) is 12.4. The van der Waals surface area contributed by atoms with Crippen LogP contribution in [0.5, 0.6) is 0 Å².